The van der Waals surface area contributed by atoms with E-state index in [0.29, 0.717) is 12.0 Å². The molecular formula is C23H32N8O7. The maximum Gasteiger partial charge on any atom is 0.305 e. The van der Waals surface area contributed by atoms with Gasteiger partial charge in [0.2, 0.25) is 23.6 Å². The Kier molecular flexibility index (Phi) is 11.0. The van der Waals surface area contributed by atoms with Gasteiger partial charge in [0.05, 0.1) is 13.0 Å². The Balaban J connectivity index is 2.30. The summed E-state index contributed by atoms with van der Waals surface area (Å²) in [6.07, 6.45) is -0.297. The van der Waals surface area contributed by atoms with Gasteiger partial charge in [0.25, 0.3) is 5.91 Å². The zero-order chi connectivity index (χ0) is 28.2. The van der Waals surface area contributed by atoms with Crippen LogP contribution < -0.4 is 38.1 Å². The molecule has 10 N–H and O–H groups in total. The maximum atomic E-state index is 12.8. The molecule has 15 heteroatoms. The molecule has 1 aliphatic heterocycles. The minimum atomic E-state index is -1.42. The average molecular weight is 533 g/mol. The molecule has 5 amide bonds. The van der Waals surface area contributed by atoms with E-state index in [0.717, 1.165) is 0 Å². The number of carbonyl (C=O) groups excluding carboxylic acids is 5. The van der Waals surface area contributed by atoms with E-state index >= 15 is 0 Å². The SMILES string of the molecule is CC1NC(=O)c2cccc(c2)CNC(=O)C(CC(=O)O)NC(=O)CNC(=O)[C@@H](CCCN=C(N)N)NC1=O. The Hall–Kier alpha value is -4.69. The molecule has 1 heterocycles. The second kappa shape index (κ2) is 14.2. The topological polar surface area (TPSA) is 247 Å². The first-order chi connectivity index (χ1) is 18.0. The summed E-state index contributed by atoms with van der Waals surface area (Å²) >= 11 is 0. The summed E-state index contributed by atoms with van der Waals surface area (Å²) in [4.78, 5) is 78.3. The lowest BCUT2D eigenvalue weighted by Gasteiger charge is -2.22. The van der Waals surface area contributed by atoms with Gasteiger partial charge in [-0.1, -0.05) is 12.1 Å². The molecule has 3 atom stereocenters. The van der Waals surface area contributed by atoms with Gasteiger partial charge in [0, 0.05) is 18.7 Å². The van der Waals surface area contributed by atoms with Crippen LogP contribution in [0.5, 0.6) is 0 Å². The molecule has 2 unspecified atom stereocenters. The van der Waals surface area contributed by atoms with Crippen LogP contribution >= 0.6 is 0 Å². The minimum Gasteiger partial charge on any atom is -0.481 e. The summed E-state index contributed by atoms with van der Waals surface area (Å²) in [6, 6.07) is 2.68. The molecular weight excluding hydrogens is 500 g/mol. The first kappa shape index (κ1) is 29.5. The number of amides is 5. The third-order valence-electron chi connectivity index (χ3n) is 5.43. The van der Waals surface area contributed by atoms with Crippen molar-refractivity contribution >= 4 is 41.5 Å². The summed E-state index contributed by atoms with van der Waals surface area (Å²) in [7, 11) is 0. The number of hydrogen-bond donors (Lipinski definition) is 8. The first-order valence-electron chi connectivity index (χ1n) is 11.8. The quantitative estimate of drug-likeness (QED) is 0.106. The lowest BCUT2D eigenvalue weighted by Crippen LogP contribution is -2.55. The Labute approximate surface area is 218 Å². The molecule has 2 rings (SSSR count). The zero-order valence-electron chi connectivity index (χ0n) is 20.8. The van der Waals surface area contributed by atoms with Crippen LogP contribution in [0.1, 0.15) is 42.1 Å². The standard InChI is InChI=1S/C23H32N8O7/c1-12-19(35)31-15(6-3-7-26-23(24)25)21(37)28-11-17(32)30-16(9-18(33)34)22(38)27-10-13-4-2-5-14(8-13)20(36)29-12/h2,4-5,8,12,15-16H,3,6-7,9-11H2,1H3,(H,27,38)(H,28,37)(H,29,36)(H,30,32)(H,31,35)(H,33,34)(H4,24,25,26)/t12?,15-,16?/m1/s1. The fourth-order valence-electron chi connectivity index (χ4n) is 3.47. The Morgan fingerprint density at radius 1 is 0.974 bits per heavy atom. The molecule has 0 radical (unpaired) electrons. The van der Waals surface area contributed by atoms with E-state index in [1.54, 1.807) is 12.1 Å². The summed E-state index contributed by atoms with van der Waals surface area (Å²) in [6.45, 7) is 0.980. The Bertz CT molecular complexity index is 1100. The molecule has 38 heavy (non-hydrogen) atoms. The van der Waals surface area contributed by atoms with E-state index in [9.17, 15) is 28.8 Å². The van der Waals surface area contributed by atoms with Gasteiger partial charge >= 0.3 is 5.97 Å². The van der Waals surface area contributed by atoms with Crippen molar-refractivity contribution < 1.29 is 33.9 Å². The Morgan fingerprint density at radius 3 is 2.34 bits per heavy atom. The Morgan fingerprint density at radius 2 is 1.66 bits per heavy atom. The van der Waals surface area contributed by atoms with Crippen LogP contribution in [0.4, 0.5) is 0 Å². The second-order valence-electron chi connectivity index (χ2n) is 8.56. The monoisotopic (exact) mass is 532 g/mol. The summed E-state index contributed by atoms with van der Waals surface area (Å²) in [5, 5.41) is 21.4. The van der Waals surface area contributed by atoms with Crippen molar-refractivity contribution in [2.45, 2.75) is 50.9 Å². The van der Waals surface area contributed by atoms with E-state index < -0.39 is 66.6 Å². The fraction of sp³-hybridized carbons (Fsp3) is 0.435. The van der Waals surface area contributed by atoms with E-state index in [4.69, 9.17) is 16.6 Å². The van der Waals surface area contributed by atoms with Crippen LogP contribution in [0.25, 0.3) is 0 Å². The van der Waals surface area contributed by atoms with Crippen LogP contribution in [0.2, 0.25) is 0 Å². The molecule has 1 aromatic carbocycles. The largest absolute Gasteiger partial charge is 0.481 e. The van der Waals surface area contributed by atoms with E-state index in [1.165, 1.54) is 19.1 Å². The smallest absolute Gasteiger partial charge is 0.305 e. The van der Waals surface area contributed by atoms with E-state index in [1.807, 2.05) is 0 Å². The van der Waals surface area contributed by atoms with Crippen LogP contribution in [0.15, 0.2) is 29.3 Å². The molecule has 2 bridgehead atoms. The van der Waals surface area contributed by atoms with Crippen LogP contribution in [0, 0.1) is 0 Å². The van der Waals surface area contributed by atoms with Crippen molar-refractivity contribution in [2.24, 2.45) is 16.5 Å². The number of nitrogens with one attached hydrogen (secondary N) is 5. The minimum absolute atomic E-state index is 0.0553. The fourth-order valence-corrected chi connectivity index (χ4v) is 3.47. The molecule has 1 aliphatic rings. The number of carboxylic acid groups (broad SMARTS) is 1. The third-order valence-corrected chi connectivity index (χ3v) is 5.43. The van der Waals surface area contributed by atoms with Crippen LogP contribution in [0.3, 0.4) is 0 Å². The average Bonchev–Trinajstić information content (AvgIpc) is 2.86. The summed E-state index contributed by atoms with van der Waals surface area (Å²) in [5.41, 5.74) is 11.3. The molecule has 0 spiro atoms. The number of carboxylic acids is 1. The number of nitrogens with zero attached hydrogens (tertiary/aromatic N) is 1. The van der Waals surface area contributed by atoms with Crippen LogP contribution in [-0.2, 0) is 30.5 Å². The van der Waals surface area contributed by atoms with Crippen molar-refractivity contribution in [3.63, 3.8) is 0 Å². The molecule has 0 saturated heterocycles. The van der Waals surface area contributed by atoms with Gasteiger partial charge in [-0.2, -0.15) is 0 Å². The van der Waals surface area contributed by atoms with Crippen molar-refractivity contribution in [2.75, 3.05) is 13.1 Å². The highest BCUT2D eigenvalue weighted by Crippen LogP contribution is 2.07. The van der Waals surface area contributed by atoms with Gasteiger partial charge < -0.3 is 43.2 Å². The zero-order valence-corrected chi connectivity index (χ0v) is 20.8. The number of benzene rings is 1. The van der Waals surface area contributed by atoms with Crippen LogP contribution in [-0.4, -0.2) is 77.8 Å². The predicted molar refractivity (Wildman–Crippen MR) is 134 cm³/mol. The highest BCUT2D eigenvalue weighted by molar-refractivity contribution is 5.99. The lowest BCUT2D eigenvalue weighted by molar-refractivity contribution is -0.140. The molecule has 0 aliphatic carbocycles. The molecule has 0 aromatic heterocycles. The lowest BCUT2D eigenvalue weighted by atomic mass is 10.1. The van der Waals surface area contributed by atoms with Gasteiger partial charge in [0.15, 0.2) is 5.96 Å². The first-order valence-corrected chi connectivity index (χ1v) is 11.8. The number of hydrogen-bond acceptors (Lipinski definition) is 7. The van der Waals surface area contributed by atoms with E-state index in [-0.39, 0.29) is 31.0 Å². The highest BCUT2D eigenvalue weighted by Gasteiger charge is 2.27. The highest BCUT2D eigenvalue weighted by atomic mass is 16.4. The number of rotatable bonds is 6. The molecule has 206 valence electrons. The number of aliphatic imine (C=N–C) groups is 1. The number of carbonyl (C=O) groups is 6. The normalized spacial score (nSPS) is 21.4. The van der Waals surface area contributed by atoms with Crippen molar-refractivity contribution in [3.8, 4) is 0 Å². The molecule has 15 nitrogen and oxygen atoms in total. The number of fused-ring (bicyclic) bond motifs is 2. The number of aliphatic carboxylic acids is 1. The van der Waals surface area contributed by atoms with Gasteiger partial charge in [-0.3, -0.25) is 33.8 Å². The van der Waals surface area contributed by atoms with Crippen molar-refractivity contribution in [3.05, 3.63) is 35.4 Å². The number of guanidine groups is 1. The predicted octanol–water partition coefficient (Wildman–Crippen LogP) is -2.95. The van der Waals surface area contributed by atoms with Gasteiger partial charge in [-0.15, -0.1) is 0 Å². The summed E-state index contributed by atoms with van der Waals surface area (Å²) in [5.74, 6) is -4.96. The van der Waals surface area contributed by atoms with Crippen molar-refractivity contribution in [1.82, 2.24) is 26.6 Å². The van der Waals surface area contributed by atoms with Gasteiger partial charge in [-0.25, -0.2) is 0 Å². The third kappa shape index (κ3) is 9.75. The molecule has 1 aromatic rings. The molecule has 0 fully saturated rings. The maximum absolute atomic E-state index is 12.8. The molecule has 0 saturated carbocycles. The summed E-state index contributed by atoms with van der Waals surface area (Å²) < 4.78 is 0. The van der Waals surface area contributed by atoms with Gasteiger partial charge in [-0.05, 0) is 37.5 Å². The second-order valence-corrected chi connectivity index (χ2v) is 8.56. The van der Waals surface area contributed by atoms with Gasteiger partial charge in [0.1, 0.15) is 18.1 Å². The number of nitrogens with two attached hydrogens (primary N) is 2. The van der Waals surface area contributed by atoms with Crippen molar-refractivity contribution in [1.29, 1.82) is 0 Å². The van der Waals surface area contributed by atoms with E-state index in [2.05, 4.69) is 31.6 Å².